The summed E-state index contributed by atoms with van der Waals surface area (Å²) in [6.45, 7) is 3.79. The van der Waals surface area contributed by atoms with Crippen LogP contribution in [0.15, 0.2) is 34.2 Å². The first kappa shape index (κ1) is 13.5. The number of nitrogens with zero attached hydrogens (tertiary/aromatic N) is 2. The molecule has 0 radical (unpaired) electrons. The molecule has 0 fully saturated rings. The summed E-state index contributed by atoms with van der Waals surface area (Å²) in [6, 6.07) is 6.08. The van der Waals surface area contributed by atoms with Crippen molar-refractivity contribution in [1.82, 2.24) is 4.98 Å². The van der Waals surface area contributed by atoms with Crippen molar-refractivity contribution in [3.63, 3.8) is 0 Å². The molecule has 18 heavy (non-hydrogen) atoms. The fourth-order valence-electron chi connectivity index (χ4n) is 1.80. The van der Waals surface area contributed by atoms with E-state index in [0.29, 0.717) is 0 Å². The number of hydrogen-bond donors (Lipinski definition) is 1. The summed E-state index contributed by atoms with van der Waals surface area (Å²) in [5.41, 5.74) is 0.850. The molecule has 0 aliphatic heterocycles. The van der Waals surface area contributed by atoms with Crippen LogP contribution in [0, 0.1) is 0 Å². The van der Waals surface area contributed by atoms with Gasteiger partial charge >= 0.3 is 0 Å². The number of hydrogen-bond acceptors (Lipinski definition) is 4. The smallest absolute Gasteiger partial charge is 0.134 e. The number of pyridine rings is 1. The minimum Gasteiger partial charge on any atom is -0.392 e. The molecule has 5 heteroatoms. The lowest BCUT2D eigenvalue weighted by molar-refractivity contribution is 0.281. The van der Waals surface area contributed by atoms with Crippen molar-refractivity contribution in [2.75, 3.05) is 11.4 Å². The van der Waals surface area contributed by atoms with Crippen molar-refractivity contribution in [3.8, 4) is 0 Å². The number of aliphatic hydroxyl groups is 1. The molecule has 2 aromatic heterocycles. The summed E-state index contributed by atoms with van der Waals surface area (Å²) < 4.78 is 0.891. The maximum Gasteiger partial charge on any atom is 0.134 e. The summed E-state index contributed by atoms with van der Waals surface area (Å²) in [5.74, 6) is 0.858. The van der Waals surface area contributed by atoms with Crippen molar-refractivity contribution in [1.29, 1.82) is 0 Å². The van der Waals surface area contributed by atoms with E-state index in [-0.39, 0.29) is 6.61 Å². The molecule has 0 unspecified atom stereocenters. The first-order chi connectivity index (χ1) is 8.74. The van der Waals surface area contributed by atoms with Crippen LogP contribution in [0.3, 0.4) is 0 Å². The van der Waals surface area contributed by atoms with Crippen LogP contribution in [0.25, 0.3) is 0 Å². The zero-order valence-corrected chi connectivity index (χ0v) is 12.5. The summed E-state index contributed by atoms with van der Waals surface area (Å²) in [4.78, 5) is 7.89. The van der Waals surface area contributed by atoms with Crippen molar-refractivity contribution >= 4 is 33.1 Å². The molecule has 0 aliphatic rings. The van der Waals surface area contributed by atoms with Crippen LogP contribution in [0.5, 0.6) is 0 Å². The lowest BCUT2D eigenvalue weighted by Gasteiger charge is -2.23. The van der Waals surface area contributed by atoms with Gasteiger partial charge in [-0.3, -0.25) is 0 Å². The van der Waals surface area contributed by atoms with E-state index < -0.39 is 0 Å². The second-order valence-electron chi connectivity index (χ2n) is 3.89. The Morgan fingerprint density at radius 3 is 2.94 bits per heavy atom. The van der Waals surface area contributed by atoms with Crippen molar-refractivity contribution in [3.05, 3.63) is 44.7 Å². The fraction of sp³-hybridized carbons (Fsp3) is 0.308. The molecule has 0 spiro atoms. The summed E-state index contributed by atoms with van der Waals surface area (Å²) in [5, 5.41) is 11.5. The highest BCUT2D eigenvalue weighted by Crippen LogP contribution is 2.24. The Hall–Kier alpha value is -0.910. The van der Waals surface area contributed by atoms with E-state index in [4.69, 9.17) is 0 Å². The number of aromatic nitrogens is 1. The van der Waals surface area contributed by atoms with E-state index in [2.05, 4.69) is 50.3 Å². The predicted molar refractivity (Wildman–Crippen MR) is 78.9 cm³/mol. The van der Waals surface area contributed by atoms with Crippen LogP contribution in [-0.2, 0) is 13.2 Å². The van der Waals surface area contributed by atoms with Gasteiger partial charge in [0.15, 0.2) is 0 Å². The molecule has 2 rings (SSSR count). The first-order valence-electron chi connectivity index (χ1n) is 5.77. The first-order valence-corrected chi connectivity index (χ1v) is 7.44. The molecule has 0 bridgehead atoms. The highest BCUT2D eigenvalue weighted by atomic mass is 79.9. The molecular weight excluding hydrogens is 312 g/mol. The van der Waals surface area contributed by atoms with Gasteiger partial charge in [-0.2, -0.15) is 0 Å². The molecule has 2 aromatic rings. The number of aliphatic hydroxyl groups excluding tert-OH is 1. The minimum atomic E-state index is 0.00269. The van der Waals surface area contributed by atoms with Crippen molar-refractivity contribution < 1.29 is 5.11 Å². The highest BCUT2D eigenvalue weighted by Gasteiger charge is 2.12. The SMILES string of the molecule is CCN(Cc1cccs1)c1ncc(Br)cc1CO. The average molecular weight is 327 g/mol. The molecule has 0 saturated heterocycles. The topological polar surface area (TPSA) is 36.4 Å². The maximum atomic E-state index is 9.43. The Labute approximate surface area is 119 Å². The summed E-state index contributed by atoms with van der Waals surface area (Å²) in [7, 11) is 0. The molecule has 0 aliphatic carbocycles. The zero-order chi connectivity index (χ0) is 13.0. The molecule has 96 valence electrons. The second-order valence-corrected chi connectivity index (χ2v) is 5.84. The number of rotatable bonds is 5. The summed E-state index contributed by atoms with van der Waals surface area (Å²) >= 11 is 5.12. The molecule has 1 N–H and O–H groups in total. The monoisotopic (exact) mass is 326 g/mol. The largest absolute Gasteiger partial charge is 0.392 e. The molecule has 0 saturated carbocycles. The average Bonchev–Trinajstić information content (AvgIpc) is 2.89. The number of halogens is 1. The van der Waals surface area contributed by atoms with Gasteiger partial charge in [0, 0.05) is 27.7 Å². The van der Waals surface area contributed by atoms with E-state index in [1.807, 2.05) is 6.07 Å². The van der Waals surface area contributed by atoms with Crippen LogP contribution >= 0.6 is 27.3 Å². The predicted octanol–water partition coefficient (Wildman–Crippen LogP) is 3.42. The van der Waals surface area contributed by atoms with Crippen LogP contribution in [-0.4, -0.2) is 16.6 Å². The molecule has 0 amide bonds. The normalized spacial score (nSPS) is 10.6. The number of thiophene rings is 1. The molecule has 0 atom stereocenters. The Kier molecular flexibility index (Phi) is 4.74. The van der Waals surface area contributed by atoms with E-state index in [9.17, 15) is 5.11 Å². The van der Waals surface area contributed by atoms with Gasteiger partial charge in [0.25, 0.3) is 0 Å². The standard InChI is InChI=1S/C13H15BrN2OS/c1-2-16(8-12-4-3-5-18-12)13-10(9-17)6-11(14)7-15-13/h3-7,17H,2,8-9H2,1H3. The maximum absolute atomic E-state index is 9.43. The van der Waals surface area contributed by atoms with Gasteiger partial charge in [0.1, 0.15) is 5.82 Å². The second kappa shape index (κ2) is 6.31. The summed E-state index contributed by atoms with van der Waals surface area (Å²) in [6.07, 6.45) is 1.77. The fourth-order valence-corrected chi connectivity index (χ4v) is 2.90. The van der Waals surface area contributed by atoms with Crippen molar-refractivity contribution in [2.45, 2.75) is 20.1 Å². The van der Waals surface area contributed by atoms with Crippen molar-refractivity contribution in [2.24, 2.45) is 0 Å². The van der Waals surface area contributed by atoms with Crippen LogP contribution in [0.2, 0.25) is 0 Å². The third-order valence-electron chi connectivity index (χ3n) is 2.69. The van der Waals surface area contributed by atoms with Gasteiger partial charge in [-0.15, -0.1) is 11.3 Å². The van der Waals surface area contributed by atoms with Gasteiger partial charge < -0.3 is 10.0 Å². The quantitative estimate of drug-likeness (QED) is 0.914. The minimum absolute atomic E-state index is 0.00269. The molecular formula is C13H15BrN2OS. The van der Waals surface area contributed by atoms with Gasteiger partial charge in [0.2, 0.25) is 0 Å². The zero-order valence-electron chi connectivity index (χ0n) is 10.1. The highest BCUT2D eigenvalue weighted by molar-refractivity contribution is 9.10. The van der Waals surface area contributed by atoms with Gasteiger partial charge in [-0.25, -0.2) is 4.98 Å². The van der Waals surface area contributed by atoms with E-state index in [1.165, 1.54) is 4.88 Å². The Bertz CT molecular complexity index is 502. The molecule has 2 heterocycles. The Morgan fingerprint density at radius 1 is 1.50 bits per heavy atom. The lowest BCUT2D eigenvalue weighted by Crippen LogP contribution is -2.24. The third kappa shape index (κ3) is 3.10. The van der Waals surface area contributed by atoms with E-state index >= 15 is 0 Å². The van der Waals surface area contributed by atoms with Gasteiger partial charge in [0.05, 0.1) is 13.2 Å². The van der Waals surface area contributed by atoms with E-state index in [0.717, 1.165) is 28.9 Å². The molecule has 3 nitrogen and oxygen atoms in total. The van der Waals surface area contributed by atoms with Crippen LogP contribution in [0.1, 0.15) is 17.4 Å². The number of anilines is 1. The Morgan fingerprint density at radius 2 is 2.33 bits per heavy atom. The van der Waals surface area contributed by atoms with Crippen LogP contribution in [0.4, 0.5) is 5.82 Å². The Balaban J connectivity index is 2.26. The third-order valence-corrected chi connectivity index (χ3v) is 3.98. The molecule has 0 aromatic carbocycles. The van der Waals surface area contributed by atoms with E-state index in [1.54, 1.807) is 17.5 Å². The van der Waals surface area contributed by atoms with Crippen LogP contribution < -0.4 is 4.90 Å². The van der Waals surface area contributed by atoms with Gasteiger partial charge in [-0.1, -0.05) is 6.07 Å². The lowest BCUT2D eigenvalue weighted by atomic mass is 10.2. The van der Waals surface area contributed by atoms with Gasteiger partial charge in [-0.05, 0) is 40.4 Å².